The number of esters is 1. The van der Waals surface area contributed by atoms with Gasteiger partial charge >= 0.3 is 5.97 Å². The van der Waals surface area contributed by atoms with E-state index in [2.05, 4.69) is 38.3 Å². The molecule has 1 amide bonds. The summed E-state index contributed by atoms with van der Waals surface area (Å²) in [7, 11) is 1.36. The minimum atomic E-state index is -0.430. The Hall–Kier alpha value is -2.12. The first-order valence-corrected chi connectivity index (χ1v) is 8.92. The highest BCUT2D eigenvalue weighted by Gasteiger charge is 2.45. The van der Waals surface area contributed by atoms with Crippen LogP contribution >= 0.6 is 11.3 Å². The Bertz CT molecular complexity index is 818. The predicted octanol–water partition coefficient (Wildman–Crippen LogP) is 2.51. The van der Waals surface area contributed by atoms with Crippen LogP contribution in [-0.2, 0) is 16.7 Å². The number of carbonyl (C=O) groups is 2. The number of nitrogens with two attached hydrogens (primary N) is 1. The minimum absolute atomic E-state index is 0.0529. The Morgan fingerprint density at radius 1 is 1.32 bits per heavy atom. The molecule has 3 heterocycles. The van der Waals surface area contributed by atoms with Crippen LogP contribution < -0.4 is 10.6 Å². The predicted molar refractivity (Wildman–Crippen MR) is 95.1 cm³/mol. The van der Waals surface area contributed by atoms with Gasteiger partial charge in [0, 0.05) is 6.42 Å². The van der Waals surface area contributed by atoms with Gasteiger partial charge in [0.2, 0.25) is 0 Å². The Morgan fingerprint density at radius 3 is 2.64 bits per heavy atom. The smallest absolute Gasteiger partial charge is 0.341 e. The lowest BCUT2D eigenvalue weighted by atomic mass is 9.81. The van der Waals surface area contributed by atoms with Crippen molar-refractivity contribution in [2.24, 2.45) is 0 Å². The fourth-order valence-electron chi connectivity index (χ4n) is 3.68. The van der Waals surface area contributed by atoms with Crippen molar-refractivity contribution in [2.75, 3.05) is 12.4 Å². The largest absolute Gasteiger partial charge is 0.465 e. The van der Waals surface area contributed by atoms with Crippen LogP contribution in [0.4, 0.5) is 5.00 Å². The van der Waals surface area contributed by atoms with Crippen LogP contribution in [0.2, 0.25) is 0 Å². The second-order valence-corrected chi connectivity index (χ2v) is 8.59. The number of furan rings is 1. The molecule has 0 aliphatic carbocycles. The van der Waals surface area contributed by atoms with Crippen LogP contribution in [0.25, 0.3) is 0 Å². The molecule has 2 aromatic rings. The lowest BCUT2D eigenvalue weighted by molar-refractivity contribution is -0.789. The zero-order valence-corrected chi connectivity index (χ0v) is 15.9. The summed E-state index contributed by atoms with van der Waals surface area (Å²) in [6.07, 6.45) is 2.17. The SMILES string of the molecule is COC(=O)c1c(NC(=O)c2ccco2)sc2c1CC(C)(C)[NH2+]C2(C)C. The van der Waals surface area contributed by atoms with Gasteiger partial charge in [0.15, 0.2) is 5.76 Å². The number of thiophene rings is 1. The first kappa shape index (κ1) is 17.7. The molecule has 1 aliphatic heterocycles. The maximum atomic E-state index is 12.5. The zero-order valence-electron chi connectivity index (χ0n) is 15.1. The molecule has 3 rings (SSSR count). The summed E-state index contributed by atoms with van der Waals surface area (Å²) in [6, 6.07) is 3.23. The van der Waals surface area contributed by atoms with Gasteiger partial charge in [0.25, 0.3) is 5.91 Å². The third-order valence-electron chi connectivity index (χ3n) is 4.34. The number of carbonyl (C=O) groups excluding carboxylic acids is 2. The zero-order chi connectivity index (χ0) is 18.4. The maximum absolute atomic E-state index is 12.5. The Labute approximate surface area is 150 Å². The molecule has 0 spiro atoms. The van der Waals surface area contributed by atoms with E-state index in [1.54, 1.807) is 12.1 Å². The summed E-state index contributed by atoms with van der Waals surface area (Å²) in [5.41, 5.74) is 1.17. The van der Waals surface area contributed by atoms with Gasteiger partial charge in [0.1, 0.15) is 10.5 Å². The molecule has 0 unspecified atom stereocenters. The Morgan fingerprint density at radius 2 is 2.04 bits per heavy atom. The van der Waals surface area contributed by atoms with Crippen molar-refractivity contribution >= 4 is 28.2 Å². The van der Waals surface area contributed by atoms with E-state index in [0.29, 0.717) is 10.6 Å². The molecule has 0 atom stereocenters. The van der Waals surface area contributed by atoms with Gasteiger partial charge in [-0.3, -0.25) is 4.79 Å². The number of methoxy groups -OCH3 is 1. The number of hydrogen-bond donors (Lipinski definition) is 2. The first-order chi connectivity index (χ1) is 11.6. The molecule has 0 bridgehead atoms. The molecule has 3 N–H and O–H groups in total. The molecule has 134 valence electrons. The Balaban J connectivity index is 2.09. The number of nitrogens with one attached hydrogen (secondary N) is 1. The molecule has 0 fully saturated rings. The summed E-state index contributed by atoms with van der Waals surface area (Å²) in [5, 5.41) is 5.64. The number of hydrogen-bond acceptors (Lipinski definition) is 5. The van der Waals surface area contributed by atoms with Gasteiger partial charge in [-0.2, -0.15) is 0 Å². The molecular formula is C18H23N2O4S+. The fraction of sp³-hybridized carbons (Fsp3) is 0.444. The van der Waals surface area contributed by atoms with E-state index in [1.807, 2.05) is 0 Å². The highest BCUT2D eigenvalue weighted by Crippen LogP contribution is 2.42. The van der Waals surface area contributed by atoms with Crippen LogP contribution in [0, 0.1) is 0 Å². The molecule has 1 aliphatic rings. The van der Waals surface area contributed by atoms with Crippen molar-refractivity contribution < 1.29 is 24.1 Å². The molecule has 2 aromatic heterocycles. The van der Waals surface area contributed by atoms with E-state index in [4.69, 9.17) is 9.15 Å². The normalized spacial score (nSPS) is 17.6. The van der Waals surface area contributed by atoms with Crippen LogP contribution in [0.1, 0.15) is 59.0 Å². The van der Waals surface area contributed by atoms with Crippen molar-refractivity contribution in [3.63, 3.8) is 0 Å². The molecule has 7 heteroatoms. The summed E-state index contributed by atoms with van der Waals surface area (Å²) in [4.78, 5) is 25.9. The standard InChI is InChI=1S/C18H22N2O4S/c1-17(2)9-10-12(16(22)23-5)15(25-13(10)18(3,4)20-17)19-14(21)11-7-6-8-24-11/h6-8,20H,9H2,1-5H3,(H,19,21)/p+1. The van der Waals surface area contributed by atoms with Gasteiger partial charge in [-0.25, -0.2) is 4.79 Å². The van der Waals surface area contributed by atoms with Crippen LogP contribution in [0.15, 0.2) is 22.8 Å². The molecule has 25 heavy (non-hydrogen) atoms. The molecule has 0 saturated carbocycles. The lowest BCUT2D eigenvalue weighted by Gasteiger charge is -2.38. The van der Waals surface area contributed by atoms with Crippen LogP contribution in [0.5, 0.6) is 0 Å². The molecule has 0 aromatic carbocycles. The van der Waals surface area contributed by atoms with Crippen LogP contribution in [0.3, 0.4) is 0 Å². The summed E-state index contributed by atoms with van der Waals surface area (Å²) >= 11 is 1.43. The number of ether oxygens (including phenoxy) is 1. The lowest BCUT2D eigenvalue weighted by Crippen LogP contribution is -3.03. The highest BCUT2D eigenvalue weighted by atomic mass is 32.1. The molecule has 6 nitrogen and oxygen atoms in total. The van der Waals surface area contributed by atoms with E-state index in [0.717, 1.165) is 16.9 Å². The average Bonchev–Trinajstić information content (AvgIpc) is 3.12. The number of anilines is 1. The van der Waals surface area contributed by atoms with E-state index in [9.17, 15) is 9.59 Å². The second kappa shape index (κ2) is 6.00. The van der Waals surface area contributed by atoms with E-state index < -0.39 is 5.97 Å². The molecule has 0 saturated heterocycles. The first-order valence-electron chi connectivity index (χ1n) is 8.11. The number of amides is 1. The van der Waals surface area contributed by atoms with Crippen molar-refractivity contribution in [3.05, 3.63) is 40.2 Å². The fourth-order valence-corrected chi connectivity index (χ4v) is 4.96. The van der Waals surface area contributed by atoms with Crippen molar-refractivity contribution in [2.45, 2.75) is 45.2 Å². The topological polar surface area (TPSA) is 85.1 Å². The highest BCUT2D eigenvalue weighted by molar-refractivity contribution is 7.17. The Kier molecular flexibility index (Phi) is 4.25. The van der Waals surface area contributed by atoms with Gasteiger partial charge < -0.3 is 19.8 Å². The molecular weight excluding hydrogens is 340 g/mol. The van der Waals surface area contributed by atoms with Gasteiger partial charge in [-0.1, -0.05) is 0 Å². The number of quaternary nitrogens is 1. The monoisotopic (exact) mass is 363 g/mol. The van der Waals surface area contributed by atoms with Gasteiger partial charge in [-0.15, -0.1) is 11.3 Å². The van der Waals surface area contributed by atoms with Gasteiger partial charge in [-0.05, 0) is 45.4 Å². The summed E-state index contributed by atoms with van der Waals surface area (Å²) in [5.74, 6) is -0.608. The van der Waals surface area contributed by atoms with E-state index in [-0.39, 0.29) is 22.7 Å². The number of fused-ring (bicyclic) bond motifs is 1. The second-order valence-electron chi connectivity index (χ2n) is 7.57. The van der Waals surface area contributed by atoms with Crippen molar-refractivity contribution in [1.29, 1.82) is 0 Å². The summed E-state index contributed by atoms with van der Waals surface area (Å²) in [6.45, 7) is 8.56. The van der Waals surface area contributed by atoms with Gasteiger partial charge in [0.05, 0.1) is 29.4 Å². The number of rotatable bonds is 3. The quantitative estimate of drug-likeness (QED) is 0.821. The van der Waals surface area contributed by atoms with E-state index in [1.165, 1.54) is 24.7 Å². The third-order valence-corrected chi connectivity index (χ3v) is 5.82. The summed E-state index contributed by atoms with van der Waals surface area (Å²) < 4.78 is 10.1. The average molecular weight is 363 g/mol. The van der Waals surface area contributed by atoms with Crippen molar-refractivity contribution in [3.8, 4) is 0 Å². The maximum Gasteiger partial charge on any atom is 0.341 e. The van der Waals surface area contributed by atoms with Crippen molar-refractivity contribution in [1.82, 2.24) is 0 Å². The third kappa shape index (κ3) is 3.21. The van der Waals surface area contributed by atoms with Crippen LogP contribution in [-0.4, -0.2) is 24.5 Å². The molecule has 0 radical (unpaired) electrons. The van der Waals surface area contributed by atoms with E-state index >= 15 is 0 Å². The minimum Gasteiger partial charge on any atom is -0.465 e.